The minimum atomic E-state index is -0.763. The predicted octanol–water partition coefficient (Wildman–Crippen LogP) is 3.19. The van der Waals surface area contributed by atoms with Gasteiger partial charge in [-0.25, -0.2) is 0 Å². The van der Waals surface area contributed by atoms with Crippen LogP contribution in [-0.4, -0.2) is 17.7 Å². The van der Waals surface area contributed by atoms with Gasteiger partial charge < -0.3 is 9.84 Å². The third-order valence-electron chi connectivity index (χ3n) is 3.74. The Kier molecular flexibility index (Phi) is 4.59. The Balaban J connectivity index is 2.21. The van der Waals surface area contributed by atoms with Gasteiger partial charge in [-0.2, -0.15) is 0 Å². The zero-order valence-electron chi connectivity index (χ0n) is 11.6. The minimum Gasteiger partial charge on any atom is -0.466 e. The van der Waals surface area contributed by atoms with Gasteiger partial charge in [0.1, 0.15) is 0 Å². The van der Waals surface area contributed by atoms with Crippen LogP contribution in [0, 0.1) is 5.92 Å². The van der Waals surface area contributed by atoms with Crippen molar-refractivity contribution < 1.29 is 14.6 Å². The minimum absolute atomic E-state index is 0.303. The normalized spacial score (nSPS) is 17.8. The number of benzene rings is 1. The summed E-state index contributed by atoms with van der Waals surface area (Å²) in [4.78, 5) is 11.9. The van der Waals surface area contributed by atoms with Crippen LogP contribution in [0.5, 0.6) is 0 Å². The molecule has 0 aliphatic heterocycles. The first-order chi connectivity index (χ1) is 9.19. The molecule has 3 heteroatoms. The molecule has 0 saturated heterocycles. The Labute approximate surface area is 114 Å². The van der Waals surface area contributed by atoms with Gasteiger partial charge >= 0.3 is 5.97 Å². The van der Waals surface area contributed by atoms with E-state index in [9.17, 15) is 9.90 Å². The number of carbonyl (C=O) groups excluding carboxylic acids is 1. The van der Waals surface area contributed by atoms with E-state index in [1.807, 2.05) is 25.1 Å². The van der Waals surface area contributed by atoms with Gasteiger partial charge in [-0.15, -0.1) is 0 Å². The summed E-state index contributed by atoms with van der Waals surface area (Å²) in [6.07, 6.45) is 2.18. The van der Waals surface area contributed by atoms with E-state index in [0.717, 1.165) is 5.56 Å². The average Bonchev–Trinajstić information content (AvgIpc) is 3.24. The molecule has 104 valence electrons. The number of hydrogen-bond donors (Lipinski definition) is 1. The Morgan fingerprint density at radius 1 is 1.37 bits per heavy atom. The second kappa shape index (κ2) is 6.20. The van der Waals surface area contributed by atoms with Crippen molar-refractivity contribution in [2.75, 3.05) is 6.61 Å². The highest BCUT2D eigenvalue weighted by Gasteiger charge is 2.33. The van der Waals surface area contributed by atoms with Gasteiger partial charge in [0.05, 0.1) is 18.6 Å². The van der Waals surface area contributed by atoms with Crippen molar-refractivity contribution in [1.82, 2.24) is 0 Å². The Morgan fingerprint density at radius 3 is 2.63 bits per heavy atom. The lowest BCUT2D eigenvalue weighted by Crippen LogP contribution is -2.24. The second-order valence-corrected chi connectivity index (χ2v) is 5.11. The first-order valence-corrected chi connectivity index (χ1v) is 7.12. The molecule has 1 aromatic rings. The Morgan fingerprint density at radius 2 is 2.05 bits per heavy atom. The van der Waals surface area contributed by atoms with Crippen molar-refractivity contribution in [2.45, 2.75) is 45.1 Å². The number of carbonyl (C=O) groups is 1. The number of hydrogen-bond acceptors (Lipinski definition) is 3. The zero-order valence-corrected chi connectivity index (χ0v) is 11.6. The highest BCUT2D eigenvalue weighted by molar-refractivity contribution is 5.73. The summed E-state index contributed by atoms with van der Waals surface area (Å²) in [5.74, 6) is -0.214. The maximum Gasteiger partial charge on any atom is 0.311 e. The fourth-order valence-electron chi connectivity index (χ4n) is 2.53. The molecule has 0 amide bonds. The van der Waals surface area contributed by atoms with Crippen LogP contribution in [-0.2, 0) is 9.53 Å². The topological polar surface area (TPSA) is 46.5 Å². The van der Waals surface area contributed by atoms with Crippen LogP contribution >= 0.6 is 0 Å². The molecule has 1 aliphatic carbocycles. The van der Waals surface area contributed by atoms with Gasteiger partial charge in [0.15, 0.2) is 0 Å². The highest BCUT2D eigenvalue weighted by atomic mass is 16.5. The summed E-state index contributed by atoms with van der Waals surface area (Å²) < 4.78 is 5.05. The zero-order chi connectivity index (χ0) is 13.8. The number of aliphatic hydroxyl groups is 1. The SMILES string of the molecule is CCOC(=O)C(CC)C(O)c1ccccc1C1CC1. The summed E-state index contributed by atoms with van der Waals surface area (Å²) in [5.41, 5.74) is 2.09. The lowest BCUT2D eigenvalue weighted by atomic mass is 9.89. The molecular weight excluding hydrogens is 240 g/mol. The largest absolute Gasteiger partial charge is 0.466 e. The molecular formula is C16H22O3. The first kappa shape index (κ1) is 14.1. The van der Waals surface area contributed by atoms with E-state index >= 15 is 0 Å². The summed E-state index contributed by atoms with van der Waals surface area (Å²) >= 11 is 0. The molecule has 0 heterocycles. The van der Waals surface area contributed by atoms with E-state index in [-0.39, 0.29) is 5.97 Å². The summed E-state index contributed by atoms with van der Waals surface area (Å²) in [6.45, 7) is 4.05. The molecule has 19 heavy (non-hydrogen) atoms. The van der Waals surface area contributed by atoms with E-state index in [1.165, 1.54) is 18.4 Å². The van der Waals surface area contributed by atoms with Gasteiger partial charge in [-0.05, 0) is 43.2 Å². The molecule has 2 unspecified atom stereocenters. The van der Waals surface area contributed by atoms with Gasteiger partial charge in [0.2, 0.25) is 0 Å². The van der Waals surface area contributed by atoms with Gasteiger partial charge in [0.25, 0.3) is 0 Å². The smallest absolute Gasteiger partial charge is 0.311 e. The quantitative estimate of drug-likeness (QED) is 0.801. The molecule has 1 aromatic carbocycles. The van der Waals surface area contributed by atoms with E-state index < -0.39 is 12.0 Å². The van der Waals surface area contributed by atoms with Crippen molar-refractivity contribution in [3.8, 4) is 0 Å². The monoisotopic (exact) mass is 262 g/mol. The third kappa shape index (κ3) is 3.16. The number of aliphatic hydroxyl groups excluding tert-OH is 1. The molecule has 0 spiro atoms. The molecule has 2 rings (SSSR count). The van der Waals surface area contributed by atoms with Crippen molar-refractivity contribution in [3.05, 3.63) is 35.4 Å². The molecule has 0 bridgehead atoms. The van der Waals surface area contributed by atoms with E-state index in [4.69, 9.17) is 4.74 Å². The molecule has 0 aromatic heterocycles. The Bertz CT molecular complexity index is 437. The van der Waals surface area contributed by atoms with Crippen LogP contribution in [0.15, 0.2) is 24.3 Å². The Hall–Kier alpha value is -1.35. The first-order valence-electron chi connectivity index (χ1n) is 7.12. The van der Waals surface area contributed by atoms with E-state index in [1.54, 1.807) is 6.92 Å². The molecule has 1 saturated carbocycles. The van der Waals surface area contributed by atoms with Crippen LogP contribution in [0.4, 0.5) is 0 Å². The second-order valence-electron chi connectivity index (χ2n) is 5.11. The lowest BCUT2D eigenvalue weighted by molar-refractivity contribution is -0.152. The number of ether oxygens (including phenoxy) is 1. The summed E-state index contributed by atoms with van der Waals surface area (Å²) in [5, 5.41) is 10.5. The summed E-state index contributed by atoms with van der Waals surface area (Å²) in [6, 6.07) is 7.91. The van der Waals surface area contributed by atoms with E-state index in [2.05, 4.69) is 6.07 Å². The van der Waals surface area contributed by atoms with Crippen LogP contribution in [0.25, 0.3) is 0 Å². The predicted molar refractivity (Wildman–Crippen MR) is 73.8 cm³/mol. The highest BCUT2D eigenvalue weighted by Crippen LogP contribution is 2.44. The molecule has 1 N–H and O–H groups in total. The van der Waals surface area contributed by atoms with Crippen molar-refractivity contribution in [1.29, 1.82) is 0 Å². The number of esters is 1. The average molecular weight is 262 g/mol. The van der Waals surface area contributed by atoms with E-state index in [0.29, 0.717) is 18.9 Å². The lowest BCUT2D eigenvalue weighted by Gasteiger charge is -2.22. The van der Waals surface area contributed by atoms with Crippen LogP contribution in [0.2, 0.25) is 0 Å². The van der Waals surface area contributed by atoms with Crippen molar-refractivity contribution in [2.24, 2.45) is 5.92 Å². The molecule has 2 atom stereocenters. The van der Waals surface area contributed by atoms with Crippen molar-refractivity contribution in [3.63, 3.8) is 0 Å². The molecule has 3 nitrogen and oxygen atoms in total. The van der Waals surface area contributed by atoms with Crippen LogP contribution in [0.1, 0.15) is 56.3 Å². The van der Waals surface area contributed by atoms with Gasteiger partial charge in [-0.1, -0.05) is 31.2 Å². The molecule has 1 fully saturated rings. The fraction of sp³-hybridized carbons (Fsp3) is 0.562. The maximum atomic E-state index is 11.9. The fourth-order valence-corrected chi connectivity index (χ4v) is 2.53. The third-order valence-corrected chi connectivity index (χ3v) is 3.74. The molecule has 0 radical (unpaired) electrons. The standard InChI is InChI=1S/C16H22O3/c1-3-12(16(18)19-4-2)15(17)14-8-6-5-7-13(14)11-9-10-11/h5-8,11-12,15,17H,3-4,9-10H2,1-2H3. The summed E-state index contributed by atoms with van der Waals surface area (Å²) in [7, 11) is 0. The maximum absolute atomic E-state index is 11.9. The van der Waals surface area contributed by atoms with Crippen LogP contribution < -0.4 is 0 Å². The van der Waals surface area contributed by atoms with Gasteiger partial charge in [-0.3, -0.25) is 4.79 Å². The van der Waals surface area contributed by atoms with Gasteiger partial charge in [0, 0.05) is 0 Å². The molecule has 1 aliphatic rings. The number of rotatable bonds is 6. The van der Waals surface area contributed by atoms with Crippen molar-refractivity contribution >= 4 is 5.97 Å². The van der Waals surface area contributed by atoms with Crippen LogP contribution in [0.3, 0.4) is 0 Å².